The molecule has 8 nitrogen and oxygen atoms in total. The molecule has 2 rings (SSSR count). The van der Waals surface area contributed by atoms with Crippen LogP contribution in [-0.2, 0) is 29.1 Å². The van der Waals surface area contributed by atoms with E-state index in [2.05, 4.69) is 10.0 Å². The molecule has 30 heavy (non-hydrogen) atoms. The first-order valence-corrected chi connectivity index (χ1v) is 10.8. The van der Waals surface area contributed by atoms with E-state index in [4.69, 9.17) is 9.47 Å². The maximum Gasteiger partial charge on any atom is 0.306 e. The lowest BCUT2D eigenvalue weighted by molar-refractivity contribution is -0.145. The van der Waals surface area contributed by atoms with Gasteiger partial charge in [0.15, 0.2) is 0 Å². The average Bonchev–Trinajstić information content (AvgIpc) is 2.66. The molecule has 0 bridgehead atoms. The van der Waals surface area contributed by atoms with Gasteiger partial charge < -0.3 is 14.8 Å². The minimum atomic E-state index is -3.76. The second-order valence-corrected chi connectivity index (χ2v) is 8.45. The van der Waals surface area contributed by atoms with E-state index >= 15 is 0 Å². The third-order valence-corrected chi connectivity index (χ3v) is 5.43. The van der Waals surface area contributed by atoms with Crippen LogP contribution in [0, 0.1) is 13.8 Å². The van der Waals surface area contributed by atoms with E-state index in [0.717, 1.165) is 11.1 Å². The second kappa shape index (κ2) is 10.7. The summed E-state index contributed by atoms with van der Waals surface area (Å²) in [6, 6.07) is 11.2. The quantitative estimate of drug-likeness (QED) is 0.439. The molecule has 1 amide bonds. The summed E-state index contributed by atoms with van der Waals surface area (Å²) in [5, 5.41) is 2.62. The van der Waals surface area contributed by atoms with E-state index in [1.165, 1.54) is 31.4 Å². The van der Waals surface area contributed by atoms with Gasteiger partial charge in [0.05, 0.1) is 17.9 Å². The molecule has 2 N–H and O–H groups in total. The number of hydrogen-bond acceptors (Lipinski definition) is 6. The molecular formula is C21H26N2O6S. The Morgan fingerprint density at radius 1 is 0.900 bits per heavy atom. The Morgan fingerprint density at radius 3 is 2.13 bits per heavy atom. The lowest BCUT2D eigenvalue weighted by Gasteiger charge is -2.11. The largest absolute Gasteiger partial charge is 0.463 e. The summed E-state index contributed by atoms with van der Waals surface area (Å²) in [5.74, 6) is -0.858. The van der Waals surface area contributed by atoms with Crippen LogP contribution in [0.3, 0.4) is 0 Å². The normalized spacial score (nSPS) is 11.0. The van der Waals surface area contributed by atoms with Crippen LogP contribution in [0.4, 0.5) is 11.4 Å². The van der Waals surface area contributed by atoms with Crippen LogP contribution in [0.2, 0.25) is 0 Å². The minimum Gasteiger partial charge on any atom is -0.463 e. The van der Waals surface area contributed by atoms with Gasteiger partial charge in [0.25, 0.3) is 10.0 Å². The molecule has 2 aromatic rings. The maximum atomic E-state index is 12.6. The predicted octanol–water partition coefficient (Wildman–Crippen LogP) is 3.01. The number of carbonyl (C=O) groups is 2. The van der Waals surface area contributed by atoms with Crippen molar-refractivity contribution in [3.8, 4) is 0 Å². The van der Waals surface area contributed by atoms with E-state index in [0.29, 0.717) is 18.0 Å². The number of sulfonamides is 1. The molecule has 2 aromatic carbocycles. The van der Waals surface area contributed by atoms with Gasteiger partial charge in [-0.05, 0) is 61.4 Å². The Kier molecular flexibility index (Phi) is 8.37. The monoisotopic (exact) mass is 434 g/mol. The zero-order valence-electron chi connectivity index (χ0n) is 17.2. The van der Waals surface area contributed by atoms with Crippen LogP contribution in [0.1, 0.15) is 24.0 Å². The third kappa shape index (κ3) is 7.49. The van der Waals surface area contributed by atoms with Crippen molar-refractivity contribution in [3.63, 3.8) is 0 Å². The Labute approximate surface area is 176 Å². The Hall–Kier alpha value is -2.91. The molecule has 0 unspecified atom stereocenters. The first-order valence-electron chi connectivity index (χ1n) is 9.35. The number of benzene rings is 2. The summed E-state index contributed by atoms with van der Waals surface area (Å²) < 4.78 is 37.4. The van der Waals surface area contributed by atoms with Crippen molar-refractivity contribution in [2.75, 3.05) is 30.4 Å². The fraction of sp³-hybridized carbons (Fsp3) is 0.333. The van der Waals surface area contributed by atoms with E-state index in [-0.39, 0.29) is 30.3 Å². The number of esters is 1. The number of carbonyl (C=O) groups excluding carboxylic acids is 2. The van der Waals surface area contributed by atoms with Gasteiger partial charge in [-0.1, -0.05) is 6.07 Å². The summed E-state index contributed by atoms with van der Waals surface area (Å²) in [4.78, 5) is 23.5. The van der Waals surface area contributed by atoms with E-state index in [9.17, 15) is 18.0 Å². The number of hydrogen-bond donors (Lipinski definition) is 2. The molecule has 0 atom stereocenters. The van der Waals surface area contributed by atoms with Gasteiger partial charge in [0.2, 0.25) is 5.91 Å². The highest BCUT2D eigenvalue weighted by atomic mass is 32.2. The van der Waals surface area contributed by atoms with Crippen molar-refractivity contribution in [1.82, 2.24) is 0 Å². The molecule has 0 spiro atoms. The van der Waals surface area contributed by atoms with Crippen LogP contribution in [0.15, 0.2) is 47.4 Å². The Morgan fingerprint density at radius 2 is 1.53 bits per heavy atom. The summed E-state index contributed by atoms with van der Waals surface area (Å²) in [7, 11) is -2.26. The van der Waals surface area contributed by atoms with E-state index in [1.54, 1.807) is 12.1 Å². The lowest BCUT2D eigenvalue weighted by atomic mass is 10.1. The standard InChI is InChI=1S/C21H26N2O6S/c1-15-12-16(2)14-18(13-15)23-30(26,27)19-6-4-17(5-7-19)22-20(24)8-9-21(25)29-11-10-28-3/h4-7,12-14,23H,8-11H2,1-3H3,(H,22,24). The van der Waals surface area contributed by atoms with Gasteiger partial charge in [-0.15, -0.1) is 0 Å². The highest BCUT2D eigenvalue weighted by molar-refractivity contribution is 7.92. The topological polar surface area (TPSA) is 111 Å². The molecule has 0 saturated carbocycles. The summed E-state index contributed by atoms with van der Waals surface area (Å²) in [6.45, 7) is 4.22. The number of ether oxygens (including phenoxy) is 2. The molecular weight excluding hydrogens is 408 g/mol. The maximum absolute atomic E-state index is 12.6. The highest BCUT2D eigenvalue weighted by Gasteiger charge is 2.15. The van der Waals surface area contributed by atoms with Crippen molar-refractivity contribution >= 4 is 33.3 Å². The Balaban J connectivity index is 1.92. The molecule has 0 aromatic heterocycles. The summed E-state index contributed by atoms with van der Waals surface area (Å²) in [5.41, 5.74) is 2.82. The molecule has 9 heteroatoms. The smallest absolute Gasteiger partial charge is 0.306 e. The van der Waals surface area contributed by atoms with Crippen molar-refractivity contribution in [2.45, 2.75) is 31.6 Å². The lowest BCUT2D eigenvalue weighted by Crippen LogP contribution is -2.16. The number of rotatable bonds is 10. The van der Waals surface area contributed by atoms with E-state index in [1.807, 2.05) is 19.9 Å². The van der Waals surface area contributed by atoms with Gasteiger partial charge in [0.1, 0.15) is 6.61 Å². The third-order valence-electron chi connectivity index (χ3n) is 4.03. The molecule has 0 fully saturated rings. The minimum absolute atomic E-state index is 0.0415. The zero-order valence-corrected chi connectivity index (χ0v) is 18.0. The van der Waals surface area contributed by atoms with Gasteiger partial charge in [-0.3, -0.25) is 14.3 Å². The molecule has 0 saturated heterocycles. The van der Waals surface area contributed by atoms with Crippen molar-refractivity contribution in [3.05, 3.63) is 53.6 Å². The first kappa shape index (κ1) is 23.4. The highest BCUT2D eigenvalue weighted by Crippen LogP contribution is 2.20. The van der Waals surface area contributed by atoms with Gasteiger partial charge in [-0.25, -0.2) is 8.42 Å². The molecule has 162 valence electrons. The van der Waals surface area contributed by atoms with E-state index < -0.39 is 16.0 Å². The van der Waals surface area contributed by atoms with Crippen LogP contribution >= 0.6 is 0 Å². The molecule has 0 aliphatic rings. The molecule has 0 heterocycles. The summed E-state index contributed by atoms with van der Waals surface area (Å²) in [6.07, 6.45) is -0.0953. The number of aryl methyl sites for hydroxylation is 2. The molecule has 0 radical (unpaired) electrons. The number of nitrogens with one attached hydrogen (secondary N) is 2. The van der Waals surface area contributed by atoms with Crippen LogP contribution in [0.25, 0.3) is 0 Å². The van der Waals surface area contributed by atoms with Crippen LogP contribution in [0.5, 0.6) is 0 Å². The van der Waals surface area contributed by atoms with Gasteiger partial charge in [0, 0.05) is 24.9 Å². The molecule has 0 aliphatic carbocycles. The van der Waals surface area contributed by atoms with Gasteiger partial charge >= 0.3 is 5.97 Å². The van der Waals surface area contributed by atoms with Crippen molar-refractivity contribution in [2.24, 2.45) is 0 Å². The number of amides is 1. The molecule has 0 aliphatic heterocycles. The second-order valence-electron chi connectivity index (χ2n) is 6.77. The van der Waals surface area contributed by atoms with Crippen LogP contribution < -0.4 is 10.0 Å². The van der Waals surface area contributed by atoms with Crippen molar-refractivity contribution in [1.29, 1.82) is 0 Å². The fourth-order valence-corrected chi connectivity index (χ4v) is 3.76. The fourth-order valence-electron chi connectivity index (χ4n) is 2.72. The van der Waals surface area contributed by atoms with Crippen molar-refractivity contribution < 1.29 is 27.5 Å². The Bertz CT molecular complexity index is 967. The zero-order chi connectivity index (χ0) is 22.1. The van der Waals surface area contributed by atoms with Crippen LogP contribution in [-0.4, -0.2) is 40.6 Å². The van der Waals surface area contributed by atoms with Gasteiger partial charge in [-0.2, -0.15) is 0 Å². The summed E-state index contributed by atoms with van der Waals surface area (Å²) >= 11 is 0. The number of methoxy groups -OCH3 is 1. The average molecular weight is 435 g/mol. The number of anilines is 2. The predicted molar refractivity (Wildman–Crippen MR) is 114 cm³/mol. The first-order chi connectivity index (χ1) is 14.2. The SMILES string of the molecule is COCCOC(=O)CCC(=O)Nc1ccc(S(=O)(=O)Nc2cc(C)cc(C)c2)cc1.